The Bertz CT molecular complexity index is 407. The van der Waals surface area contributed by atoms with Gasteiger partial charge in [0.15, 0.2) is 0 Å². The monoisotopic (exact) mass is 251 g/mol. The maximum absolute atomic E-state index is 12.7. The summed E-state index contributed by atoms with van der Waals surface area (Å²) in [6, 6.07) is 5.88. The van der Waals surface area contributed by atoms with Gasteiger partial charge >= 0.3 is 6.03 Å². The number of rotatable bonds is 2. The molecule has 0 aromatic heterocycles. The van der Waals surface area contributed by atoms with Crippen LogP contribution in [0.2, 0.25) is 0 Å². The third-order valence-electron chi connectivity index (χ3n) is 3.18. The highest BCUT2D eigenvalue weighted by atomic mass is 19.1. The molecule has 0 radical (unpaired) electrons. The molecular formula is C13H18FN3O. The van der Waals surface area contributed by atoms with E-state index in [0.29, 0.717) is 5.69 Å². The average molecular weight is 251 g/mol. The third kappa shape index (κ3) is 3.43. The predicted octanol–water partition coefficient (Wildman–Crippen LogP) is 2.09. The first kappa shape index (κ1) is 12.8. The number of carbonyl (C=O) groups excluding carboxylic acids is 1. The zero-order chi connectivity index (χ0) is 13.0. The zero-order valence-electron chi connectivity index (χ0n) is 10.4. The van der Waals surface area contributed by atoms with E-state index in [4.69, 9.17) is 0 Å². The van der Waals surface area contributed by atoms with E-state index < -0.39 is 0 Å². The number of carbonyl (C=O) groups is 1. The number of hydrogen-bond acceptors (Lipinski definition) is 2. The van der Waals surface area contributed by atoms with Crippen LogP contribution < -0.4 is 16.0 Å². The van der Waals surface area contributed by atoms with Crippen molar-refractivity contribution < 1.29 is 9.18 Å². The molecule has 0 aliphatic carbocycles. The van der Waals surface area contributed by atoms with E-state index in [1.807, 2.05) is 0 Å². The fourth-order valence-corrected chi connectivity index (χ4v) is 2.11. The molecule has 3 N–H and O–H groups in total. The molecular weight excluding hydrogens is 233 g/mol. The summed E-state index contributed by atoms with van der Waals surface area (Å²) in [6.07, 6.45) is 2.04. The minimum atomic E-state index is -0.314. The quantitative estimate of drug-likeness (QED) is 0.754. The topological polar surface area (TPSA) is 53.2 Å². The van der Waals surface area contributed by atoms with Gasteiger partial charge in [-0.3, -0.25) is 0 Å². The van der Waals surface area contributed by atoms with E-state index in [9.17, 15) is 9.18 Å². The first-order valence-corrected chi connectivity index (χ1v) is 6.21. The van der Waals surface area contributed by atoms with E-state index in [2.05, 4.69) is 22.9 Å². The lowest BCUT2D eigenvalue weighted by Gasteiger charge is -2.30. The molecule has 1 aliphatic rings. The summed E-state index contributed by atoms with van der Waals surface area (Å²) < 4.78 is 12.7. The van der Waals surface area contributed by atoms with E-state index in [1.54, 1.807) is 0 Å². The summed E-state index contributed by atoms with van der Waals surface area (Å²) in [6.45, 7) is 3.06. The lowest BCUT2D eigenvalue weighted by atomic mass is 10.0. The molecule has 1 aromatic rings. The summed E-state index contributed by atoms with van der Waals surface area (Å²) in [4.78, 5) is 11.8. The normalized spacial score (nSPS) is 23.4. The summed E-state index contributed by atoms with van der Waals surface area (Å²) in [5.41, 5.74) is 0.588. The Kier molecular flexibility index (Phi) is 4.15. The van der Waals surface area contributed by atoms with Crippen molar-refractivity contribution in [3.05, 3.63) is 30.1 Å². The highest BCUT2D eigenvalue weighted by molar-refractivity contribution is 5.89. The smallest absolute Gasteiger partial charge is 0.319 e. The van der Waals surface area contributed by atoms with Crippen molar-refractivity contribution in [3.63, 3.8) is 0 Å². The Balaban J connectivity index is 1.86. The van der Waals surface area contributed by atoms with Crippen molar-refractivity contribution in [1.82, 2.24) is 10.6 Å². The molecule has 2 atom stereocenters. The molecule has 0 bridgehead atoms. The summed E-state index contributed by atoms with van der Waals surface area (Å²) >= 11 is 0. The number of nitrogens with one attached hydrogen (secondary N) is 3. The Morgan fingerprint density at radius 3 is 2.78 bits per heavy atom. The standard InChI is InChI=1S/C13H18FN3O/c1-9-12(3-2-8-15-9)17-13(18)16-11-6-4-10(14)5-7-11/h4-7,9,12,15H,2-3,8H2,1H3,(H2,16,17,18). The van der Waals surface area contributed by atoms with Crippen molar-refractivity contribution >= 4 is 11.7 Å². The summed E-state index contributed by atoms with van der Waals surface area (Å²) in [5, 5.41) is 8.93. The molecule has 4 nitrogen and oxygen atoms in total. The van der Waals surface area contributed by atoms with Crippen LogP contribution in [0.4, 0.5) is 14.9 Å². The molecule has 1 aliphatic heterocycles. The van der Waals surface area contributed by atoms with Gasteiger partial charge in [-0.2, -0.15) is 0 Å². The molecule has 2 rings (SSSR count). The second-order valence-corrected chi connectivity index (χ2v) is 4.60. The second kappa shape index (κ2) is 5.82. The molecule has 0 spiro atoms. The maximum Gasteiger partial charge on any atom is 0.319 e. The maximum atomic E-state index is 12.7. The third-order valence-corrected chi connectivity index (χ3v) is 3.18. The van der Waals surface area contributed by atoms with E-state index >= 15 is 0 Å². The molecule has 1 fully saturated rings. The van der Waals surface area contributed by atoms with Crippen molar-refractivity contribution in [2.75, 3.05) is 11.9 Å². The number of piperidine rings is 1. The van der Waals surface area contributed by atoms with Gasteiger partial charge in [-0.25, -0.2) is 9.18 Å². The van der Waals surface area contributed by atoms with Crippen LogP contribution >= 0.6 is 0 Å². The first-order valence-electron chi connectivity index (χ1n) is 6.21. The van der Waals surface area contributed by atoms with Crippen LogP contribution in [0.1, 0.15) is 19.8 Å². The SMILES string of the molecule is CC1NCCCC1NC(=O)Nc1ccc(F)cc1. The molecule has 1 saturated heterocycles. The van der Waals surface area contributed by atoms with Crippen LogP contribution in [0, 0.1) is 5.82 Å². The molecule has 2 amide bonds. The Morgan fingerprint density at radius 1 is 1.39 bits per heavy atom. The number of halogens is 1. The van der Waals surface area contributed by atoms with Crippen LogP contribution in [0.15, 0.2) is 24.3 Å². The van der Waals surface area contributed by atoms with Crippen molar-refractivity contribution in [1.29, 1.82) is 0 Å². The van der Waals surface area contributed by atoms with Gasteiger partial charge in [0.05, 0.1) is 0 Å². The summed E-state index contributed by atoms with van der Waals surface area (Å²) in [7, 11) is 0. The van der Waals surface area contributed by atoms with Gasteiger partial charge in [-0.1, -0.05) is 0 Å². The van der Waals surface area contributed by atoms with Gasteiger partial charge in [-0.05, 0) is 50.6 Å². The average Bonchev–Trinajstić information content (AvgIpc) is 2.35. The van der Waals surface area contributed by atoms with E-state index in [1.165, 1.54) is 24.3 Å². The molecule has 98 valence electrons. The van der Waals surface area contributed by atoms with Gasteiger partial charge in [0, 0.05) is 17.8 Å². The molecule has 1 aromatic carbocycles. The van der Waals surface area contributed by atoms with Crippen LogP contribution in [0.5, 0.6) is 0 Å². The minimum absolute atomic E-state index is 0.138. The fraction of sp³-hybridized carbons (Fsp3) is 0.462. The molecule has 1 heterocycles. The van der Waals surface area contributed by atoms with Crippen molar-refractivity contribution in [3.8, 4) is 0 Å². The minimum Gasteiger partial charge on any atom is -0.334 e. The van der Waals surface area contributed by atoms with Crippen LogP contribution in [0.3, 0.4) is 0 Å². The first-order chi connectivity index (χ1) is 8.65. The lowest BCUT2D eigenvalue weighted by molar-refractivity contribution is 0.239. The highest BCUT2D eigenvalue weighted by Crippen LogP contribution is 2.10. The number of amides is 2. The van der Waals surface area contributed by atoms with E-state index in [0.717, 1.165) is 19.4 Å². The zero-order valence-corrected chi connectivity index (χ0v) is 10.4. The summed E-state index contributed by atoms with van der Waals surface area (Å²) in [5.74, 6) is -0.314. The Morgan fingerprint density at radius 2 is 2.11 bits per heavy atom. The molecule has 5 heteroatoms. The highest BCUT2D eigenvalue weighted by Gasteiger charge is 2.22. The van der Waals surface area contributed by atoms with Crippen molar-refractivity contribution in [2.24, 2.45) is 0 Å². The molecule has 0 saturated carbocycles. The Labute approximate surface area is 106 Å². The van der Waals surface area contributed by atoms with Crippen LogP contribution in [-0.2, 0) is 0 Å². The number of hydrogen-bond donors (Lipinski definition) is 3. The number of urea groups is 1. The van der Waals surface area contributed by atoms with Crippen LogP contribution in [-0.4, -0.2) is 24.7 Å². The number of anilines is 1. The van der Waals surface area contributed by atoms with Crippen molar-refractivity contribution in [2.45, 2.75) is 31.8 Å². The lowest BCUT2D eigenvalue weighted by Crippen LogP contribution is -2.52. The van der Waals surface area contributed by atoms with Gasteiger partial charge in [0.1, 0.15) is 5.82 Å². The van der Waals surface area contributed by atoms with Gasteiger partial charge in [0.2, 0.25) is 0 Å². The molecule has 18 heavy (non-hydrogen) atoms. The molecule has 2 unspecified atom stereocenters. The van der Waals surface area contributed by atoms with E-state index in [-0.39, 0.29) is 23.9 Å². The largest absolute Gasteiger partial charge is 0.334 e. The van der Waals surface area contributed by atoms with Gasteiger partial charge in [0.25, 0.3) is 0 Å². The second-order valence-electron chi connectivity index (χ2n) is 4.60. The predicted molar refractivity (Wildman–Crippen MR) is 69.0 cm³/mol. The fourth-order valence-electron chi connectivity index (χ4n) is 2.11. The van der Waals surface area contributed by atoms with Gasteiger partial charge < -0.3 is 16.0 Å². The van der Waals surface area contributed by atoms with Gasteiger partial charge in [-0.15, -0.1) is 0 Å². The Hall–Kier alpha value is -1.62. The number of benzene rings is 1. The van der Waals surface area contributed by atoms with Crippen LogP contribution in [0.25, 0.3) is 0 Å².